The molecule has 0 fully saturated rings. The quantitative estimate of drug-likeness (QED) is 0.229. The van der Waals surface area contributed by atoms with Gasteiger partial charge in [-0.25, -0.2) is 0 Å². The molecule has 0 aromatic heterocycles. The predicted molar refractivity (Wildman–Crippen MR) is 71.1 cm³/mol. The van der Waals surface area contributed by atoms with Gasteiger partial charge in [-0.2, -0.15) is 0 Å². The minimum atomic E-state index is 0.349. The van der Waals surface area contributed by atoms with E-state index >= 15 is 0 Å². The standard InChI is InChI=1S/C15H24O/c1-3-5-6-7-8-9-10-11-12-13-15-16-14-4-2/h2,11-13,15H,3,5-10,14H2,1H3/b12-11?,15-13+. The van der Waals surface area contributed by atoms with Crippen LogP contribution in [-0.4, -0.2) is 6.61 Å². The van der Waals surface area contributed by atoms with Crippen LogP contribution in [0.5, 0.6) is 0 Å². The highest BCUT2D eigenvalue weighted by atomic mass is 16.5. The summed E-state index contributed by atoms with van der Waals surface area (Å²) in [5.41, 5.74) is 0. The van der Waals surface area contributed by atoms with E-state index in [9.17, 15) is 0 Å². The van der Waals surface area contributed by atoms with Gasteiger partial charge in [-0.1, -0.05) is 57.1 Å². The highest BCUT2D eigenvalue weighted by Crippen LogP contribution is 2.06. The van der Waals surface area contributed by atoms with Crippen LogP contribution in [0.15, 0.2) is 24.5 Å². The van der Waals surface area contributed by atoms with Crippen LogP contribution in [0.1, 0.15) is 51.9 Å². The van der Waals surface area contributed by atoms with Crippen molar-refractivity contribution in [3.63, 3.8) is 0 Å². The number of unbranched alkanes of at least 4 members (excludes halogenated alkanes) is 6. The molecular weight excluding hydrogens is 196 g/mol. The molecule has 0 saturated heterocycles. The van der Waals surface area contributed by atoms with Crippen molar-refractivity contribution in [2.24, 2.45) is 0 Å². The molecule has 0 aliphatic rings. The molecule has 0 saturated carbocycles. The summed E-state index contributed by atoms with van der Waals surface area (Å²) in [6.45, 7) is 2.60. The molecule has 0 aromatic rings. The van der Waals surface area contributed by atoms with Gasteiger partial charge in [0, 0.05) is 0 Å². The second kappa shape index (κ2) is 13.8. The smallest absolute Gasteiger partial charge is 0.147 e. The Kier molecular flexibility index (Phi) is 12.8. The van der Waals surface area contributed by atoms with Gasteiger partial charge in [-0.15, -0.1) is 6.42 Å². The third-order valence-corrected chi connectivity index (χ3v) is 2.31. The fraction of sp³-hybridized carbons (Fsp3) is 0.600. The van der Waals surface area contributed by atoms with Gasteiger partial charge >= 0.3 is 0 Å². The molecule has 0 radical (unpaired) electrons. The number of rotatable bonds is 10. The molecule has 16 heavy (non-hydrogen) atoms. The van der Waals surface area contributed by atoms with Crippen LogP contribution < -0.4 is 0 Å². The Morgan fingerprint density at radius 2 is 1.81 bits per heavy atom. The van der Waals surface area contributed by atoms with Crippen molar-refractivity contribution in [3.05, 3.63) is 24.5 Å². The van der Waals surface area contributed by atoms with Crippen LogP contribution in [0.2, 0.25) is 0 Å². The van der Waals surface area contributed by atoms with Crippen molar-refractivity contribution in [1.82, 2.24) is 0 Å². The maximum absolute atomic E-state index is 5.03. The maximum atomic E-state index is 5.03. The van der Waals surface area contributed by atoms with Gasteiger partial charge in [-0.3, -0.25) is 0 Å². The summed E-state index contributed by atoms with van der Waals surface area (Å²) < 4.78 is 4.99. The van der Waals surface area contributed by atoms with Crippen LogP contribution in [0.4, 0.5) is 0 Å². The summed E-state index contributed by atoms with van der Waals surface area (Å²) in [6.07, 6.45) is 22.0. The lowest BCUT2D eigenvalue weighted by molar-refractivity contribution is 0.296. The Balaban J connectivity index is 3.15. The van der Waals surface area contributed by atoms with Gasteiger partial charge in [0.2, 0.25) is 0 Å². The number of hydrogen-bond acceptors (Lipinski definition) is 1. The summed E-state index contributed by atoms with van der Waals surface area (Å²) in [5.74, 6) is 2.41. The second-order valence-electron chi connectivity index (χ2n) is 3.83. The molecule has 0 aliphatic carbocycles. The van der Waals surface area contributed by atoms with Gasteiger partial charge in [0.05, 0.1) is 6.26 Å². The Morgan fingerprint density at radius 1 is 1.06 bits per heavy atom. The molecule has 90 valence electrons. The fourth-order valence-corrected chi connectivity index (χ4v) is 1.41. The summed E-state index contributed by atoms with van der Waals surface area (Å²) in [4.78, 5) is 0. The second-order valence-corrected chi connectivity index (χ2v) is 3.83. The Bertz CT molecular complexity index is 220. The first-order valence-electron chi connectivity index (χ1n) is 6.28. The van der Waals surface area contributed by atoms with Gasteiger partial charge in [-0.05, 0) is 18.9 Å². The van der Waals surface area contributed by atoms with Gasteiger partial charge in [0.25, 0.3) is 0 Å². The molecule has 0 spiro atoms. The van der Waals surface area contributed by atoms with E-state index in [0.29, 0.717) is 6.61 Å². The molecule has 0 N–H and O–H groups in total. The van der Waals surface area contributed by atoms with Gasteiger partial charge in [0.1, 0.15) is 6.61 Å². The summed E-state index contributed by atoms with van der Waals surface area (Å²) >= 11 is 0. The van der Waals surface area contributed by atoms with E-state index in [2.05, 4.69) is 18.9 Å². The van der Waals surface area contributed by atoms with Crippen molar-refractivity contribution in [2.45, 2.75) is 51.9 Å². The van der Waals surface area contributed by atoms with E-state index in [-0.39, 0.29) is 0 Å². The zero-order chi connectivity index (χ0) is 11.9. The van der Waals surface area contributed by atoms with Crippen molar-refractivity contribution < 1.29 is 4.74 Å². The highest BCUT2D eigenvalue weighted by Gasteiger charge is 1.87. The van der Waals surface area contributed by atoms with E-state index in [1.54, 1.807) is 6.26 Å². The number of terminal acetylenes is 1. The minimum absolute atomic E-state index is 0.349. The SMILES string of the molecule is C#CCO/C=C/C=CCCCCCCCC. The largest absolute Gasteiger partial charge is 0.489 e. The van der Waals surface area contributed by atoms with E-state index < -0.39 is 0 Å². The molecule has 0 unspecified atom stereocenters. The maximum Gasteiger partial charge on any atom is 0.147 e. The van der Waals surface area contributed by atoms with Crippen molar-refractivity contribution >= 4 is 0 Å². The first-order chi connectivity index (χ1) is 7.91. The molecule has 0 bridgehead atoms. The van der Waals surface area contributed by atoms with Crippen LogP contribution in [0.25, 0.3) is 0 Å². The average Bonchev–Trinajstić information content (AvgIpc) is 2.31. The molecule has 0 aliphatic heterocycles. The normalized spacial score (nSPS) is 11.0. The molecular formula is C15H24O. The Hall–Kier alpha value is -1.16. The average molecular weight is 220 g/mol. The van der Waals surface area contributed by atoms with Gasteiger partial charge < -0.3 is 4.74 Å². The lowest BCUT2D eigenvalue weighted by atomic mass is 10.1. The monoisotopic (exact) mass is 220 g/mol. The third-order valence-electron chi connectivity index (χ3n) is 2.31. The molecule has 1 nitrogen and oxygen atoms in total. The van der Waals surface area contributed by atoms with Crippen LogP contribution in [-0.2, 0) is 4.74 Å². The van der Waals surface area contributed by atoms with Crippen molar-refractivity contribution in [1.29, 1.82) is 0 Å². The predicted octanol–water partition coefficient (Wildman–Crippen LogP) is 4.46. The van der Waals surface area contributed by atoms with Crippen LogP contribution >= 0.6 is 0 Å². The lowest BCUT2D eigenvalue weighted by Gasteiger charge is -1.97. The Labute approximate surface area is 101 Å². The third kappa shape index (κ3) is 12.8. The molecule has 0 rings (SSSR count). The van der Waals surface area contributed by atoms with E-state index in [0.717, 1.165) is 6.42 Å². The van der Waals surface area contributed by atoms with E-state index in [1.165, 1.54) is 38.5 Å². The first-order valence-corrected chi connectivity index (χ1v) is 6.28. The van der Waals surface area contributed by atoms with Crippen molar-refractivity contribution in [2.75, 3.05) is 6.61 Å². The summed E-state index contributed by atoms with van der Waals surface area (Å²) in [5, 5.41) is 0. The molecule has 1 heteroatoms. The minimum Gasteiger partial charge on any atom is -0.489 e. The molecule has 0 amide bonds. The van der Waals surface area contributed by atoms with Crippen molar-refractivity contribution in [3.8, 4) is 12.3 Å². The summed E-state index contributed by atoms with van der Waals surface area (Å²) in [6, 6.07) is 0. The number of ether oxygens (including phenoxy) is 1. The Morgan fingerprint density at radius 3 is 2.56 bits per heavy atom. The van der Waals surface area contributed by atoms with Crippen LogP contribution in [0, 0.1) is 12.3 Å². The topological polar surface area (TPSA) is 9.23 Å². The molecule has 0 aromatic carbocycles. The summed E-state index contributed by atoms with van der Waals surface area (Å²) in [7, 11) is 0. The van der Waals surface area contributed by atoms with Gasteiger partial charge in [0.15, 0.2) is 0 Å². The number of hydrogen-bond donors (Lipinski definition) is 0. The highest BCUT2D eigenvalue weighted by molar-refractivity contribution is 5.00. The first kappa shape index (κ1) is 14.8. The molecule has 0 heterocycles. The fourth-order valence-electron chi connectivity index (χ4n) is 1.41. The zero-order valence-electron chi connectivity index (χ0n) is 10.5. The number of allylic oxidation sites excluding steroid dienone is 3. The van der Waals surface area contributed by atoms with E-state index in [1.807, 2.05) is 12.2 Å². The molecule has 0 atom stereocenters. The van der Waals surface area contributed by atoms with Crippen LogP contribution in [0.3, 0.4) is 0 Å². The lowest BCUT2D eigenvalue weighted by Crippen LogP contribution is -1.78. The zero-order valence-corrected chi connectivity index (χ0v) is 10.5. The van der Waals surface area contributed by atoms with E-state index in [4.69, 9.17) is 11.2 Å².